The molecule has 25 heavy (non-hydrogen) atoms. The van der Waals surface area contributed by atoms with E-state index in [0.717, 1.165) is 16.9 Å². The van der Waals surface area contributed by atoms with Crippen LogP contribution in [-0.4, -0.2) is 22.6 Å². The maximum absolute atomic E-state index is 14.3. The number of hydrogen-bond acceptors (Lipinski definition) is 7. The molecule has 0 unspecified atom stereocenters. The van der Waals surface area contributed by atoms with Gasteiger partial charge in [0.25, 0.3) is 0 Å². The molecular weight excluding hydrogens is 321 g/mol. The maximum Gasteiger partial charge on any atom is 0.166 e. The van der Waals surface area contributed by atoms with Gasteiger partial charge in [0.2, 0.25) is 0 Å². The smallest absolute Gasteiger partial charge is 0.166 e. The van der Waals surface area contributed by atoms with Crippen LogP contribution in [0.2, 0.25) is 0 Å². The predicted octanol–water partition coefficient (Wildman–Crippen LogP) is 2.17. The number of nitrogens with two attached hydrogens (primary N) is 2. The van der Waals surface area contributed by atoms with Crippen LogP contribution < -0.4 is 27.6 Å². The summed E-state index contributed by atoms with van der Waals surface area (Å²) in [7, 11) is 0. The molecule has 2 aromatic heterocycles. The molecule has 0 saturated heterocycles. The molecule has 2 heterocycles. The lowest BCUT2D eigenvalue weighted by molar-refractivity contribution is 0.622. The predicted molar refractivity (Wildman–Crippen MR) is 99.7 cm³/mol. The summed E-state index contributed by atoms with van der Waals surface area (Å²) < 4.78 is 14.3. The Kier molecular flexibility index (Phi) is 5.89. The summed E-state index contributed by atoms with van der Waals surface area (Å²) in [5.74, 6) is 5.41. The average Bonchev–Trinajstić information content (AvgIpc) is 2.57. The second kappa shape index (κ2) is 7.91. The Balaban J connectivity index is 2.42. The lowest BCUT2D eigenvalue weighted by Gasteiger charge is -2.16. The minimum Gasteiger partial charge on any atom is -0.366 e. The van der Waals surface area contributed by atoms with Gasteiger partial charge < -0.3 is 21.8 Å². The number of hydrogen-bond donors (Lipinski definition) is 5. The second-order valence-corrected chi connectivity index (χ2v) is 5.95. The third kappa shape index (κ3) is 4.65. The highest BCUT2D eigenvalue weighted by molar-refractivity contribution is 5.76. The van der Waals surface area contributed by atoms with Crippen molar-refractivity contribution in [3.63, 3.8) is 0 Å². The van der Waals surface area contributed by atoms with Crippen molar-refractivity contribution in [3.8, 4) is 0 Å². The molecule has 0 aliphatic rings. The van der Waals surface area contributed by atoms with Crippen LogP contribution in [0.4, 0.5) is 21.7 Å². The summed E-state index contributed by atoms with van der Waals surface area (Å²) in [6.07, 6.45) is 1.69. The summed E-state index contributed by atoms with van der Waals surface area (Å²) in [5.41, 5.74) is 11.6. The highest BCUT2D eigenvalue weighted by atomic mass is 19.1. The first kappa shape index (κ1) is 18.6. The zero-order valence-corrected chi connectivity index (χ0v) is 14.7. The molecule has 0 saturated carbocycles. The topological polar surface area (TPSA) is 114 Å². The van der Waals surface area contributed by atoms with Crippen molar-refractivity contribution in [1.29, 1.82) is 0 Å². The fourth-order valence-electron chi connectivity index (χ4n) is 2.12. The van der Waals surface area contributed by atoms with Gasteiger partial charge in [-0.25, -0.2) is 9.37 Å². The van der Waals surface area contributed by atoms with Gasteiger partial charge in [-0.3, -0.25) is 10.8 Å². The van der Waals surface area contributed by atoms with Crippen LogP contribution in [-0.2, 0) is 0 Å². The summed E-state index contributed by atoms with van der Waals surface area (Å²) in [6.45, 7) is 9.88. The zero-order chi connectivity index (χ0) is 18.6. The molecule has 7 N–H and O–H groups in total. The van der Waals surface area contributed by atoms with Gasteiger partial charge in [0.05, 0.1) is 17.6 Å². The van der Waals surface area contributed by atoms with E-state index in [9.17, 15) is 4.39 Å². The van der Waals surface area contributed by atoms with Crippen LogP contribution in [0.5, 0.6) is 0 Å². The Bertz CT molecular complexity index is 774. The Morgan fingerprint density at radius 2 is 2.04 bits per heavy atom. The molecule has 0 fully saturated rings. The van der Waals surface area contributed by atoms with E-state index in [1.54, 1.807) is 6.20 Å². The first-order chi connectivity index (χ1) is 11.8. The van der Waals surface area contributed by atoms with Crippen LogP contribution >= 0.6 is 0 Å². The van der Waals surface area contributed by atoms with Crippen molar-refractivity contribution in [3.05, 3.63) is 47.5 Å². The number of halogens is 1. The SMILES string of the molecule is C=C(NN)c1cc(F)c(NC[C@H](C)N)nc1Nc1cnc(C)c(C)c1. The van der Waals surface area contributed by atoms with Crippen molar-refractivity contribution < 1.29 is 4.39 Å². The number of nitrogens with zero attached hydrogens (tertiary/aromatic N) is 2. The van der Waals surface area contributed by atoms with Gasteiger partial charge in [0.15, 0.2) is 11.6 Å². The monoisotopic (exact) mass is 345 g/mol. The van der Waals surface area contributed by atoms with Gasteiger partial charge in [0, 0.05) is 23.8 Å². The van der Waals surface area contributed by atoms with E-state index < -0.39 is 5.82 Å². The van der Waals surface area contributed by atoms with Gasteiger partial charge in [-0.2, -0.15) is 0 Å². The highest BCUT2D eigenvalue weighted by Gasteiger charge is 2.15. The number of nitrogens with one attached hydrogen (secondary N) is 3. The molecule has 0 bridgehead atoms. The summed E-state index contributed by atoms with van der Waals surface area (Å²) in [5, 5.41) is 6.04. The maximum atomic E-state index is 14.3. The minimum absolute atomic E-state index is 0.102. The van der Waals surface area contributed by atoms with Crippen LogP contribution in [0.1, 0.15) is 23.7 Å². The van der Waals surface area contributed by atoms with Gasteiger partial charge in [0.1, 0.15) is 5.82 Å². The molecule has 0 amide bonds. The molecule has 0 aromatic carbocycles. The Hall–Kier alpha value is -2.71. The van der Waals surface area contributed by atoms with Gasteiger partial charge in [-0.1, -0.05) is 6.58 Å². The third-order valence-corrected chi connectivity index (χ3v) is 3.67. The quantitative estimate of drug-likeness (QED) is 0.386. The van der Waals surface area contributed by atoms with Crippen LogP contribution in [0.3, 0.4) is 0 Å². The Labute approximate surface area is 146 Å². The molecule has 8 heteroatoms. The van der Waals surface area contributed by atoms with Gasteiger partial charge in [-0.05, 0) is 38.5 Å². The molecular formula is C17H24FN7. The second-order valence-electron chi connectivity index (χ2n) is 5.95. The minimum atomic E-state index is -0.518. The van der Waals surface area contributed by atoms with Crippen molar-refractivity contribution in [2.24, 2.45) is 11.6 Å². The highest BCUT2D eigenvalue weighted by Crippen LogP contribution is 2.27. The fraction of sp³-hybridized carbons (Fsp3) is 0.294. The molecule has 7 nitrogen and oxygen atoms in total. The lowest BCUT2D eigenvalue weighted by atomic mass is 10.1. The molecule has 0 spiro atoms. The average molecular weight is 345 g/mol. The largest absolute Gasteiger partial charge is 0.366 e. The number of pyridine rings is 2. The van der Waals surface area contributed by atoms with Crippen LogP contribution in [0.15, 0.2) is 24.9 Å². The number of anilines is 3. The molecule has 0 aliphatic carbocycles. The van der Waals surface area contributed by atoms with E-state index in [-0.39, 0.29) is 11.9 Å². The van der Waals surface area contributed by atoms with Crippen molar-refractivity contribution in [2.75, 3.05) is 17.2 Å². The molecule has 134 valence electrons. The molecule has 0 aliphatic heterocycles. The molecule has 2 rings (SSSR count). The first-order valence-electron chi connectivity index (χ1n) is 7.88. The number of aromatic nitrogens is 2. The van der Waals surface area contributed by atoms with Crippen LogP contribution in [0.25, 0.3) is 5.70 Å². The summed E-state index contributed by atoms with van der Waals surface area (Å²) >= 11 is 0. The van der Waals surface area contributed by atoms with Crippen molar-refractivity contribution in [2.45, 2.75) is 26.8 Å². The van der Waals surface area contributed by atoms with Gasteiger partial charge >= 0.3 is 0 Å². The van der Waals surface area contributed by atoms with E-state index in [2.05, 4.69) is 32.6 Å². The van der Waals surface area contributed by atoms with Crippen molar-refractivity contribution >= 4 is 23.0 Å². The standard InChI is InChI=1S/C17H24FN7/c1-9-5-13(8-21-11(9)3)23-16-14(12(4)25-20)6-15(18)17(24-16)22-7-10(2)19/h5-6,8,10,25H,4,7,19-20H2,1-3H3,(H2,22,23,24)/t10-/m0/s1. The molecule has 0 radical (unpaired) electrons. The first-order valence-corrected chi connectivity index (χ1v) is 7.88. The lowest BCUT2D eigenvalue weighted by Crippen LogP contribution is -2.26. The summed E-state index contributed by atoms with van der Waals surface area (Å²) in [6, 6.07) is 3.11. The summed E-state index contributed by atoms with van der Waals surface area (Å²) in [4.78, 5) is 8.63. The van der Waals surface area contributed by atoms with E-state index in [1.807, 2.05) is 26.8 Å². The normalized spacial score (nSPS) is 11.8. The Morgan fingerprint density at radius 1 is 1.32 bits per heavy atom. The van der Waals surface area contributed by atoms with E-state index in [4.69, 9.17) is 11.6 Å². The number of hydrazine groups is 1. The molecule has 1 atom stereocenters. The fourth-order valence-corrected chi connectivity index (χ4v) is 2.12. The third-order valence-electron chi connectivity index (χ3n) is 3.67. The Morgan fingerprint density at radius 3 is 2.64 bits per heavy atom. The van der Waals surface area contributed by atoms with Gasteiger partial charge in [-0.15, -0.1) is 0 Å². The van der Waals surface area contributed by atoms with E-state index >= 15 is 0 Å². The van der Waals surface area contributed by atoms with E-state index in [1.165, 1.54) is 6.07 Å². The number of rotatable bonds is 7. The van der Waals surface area contributed by atoms with Crippen LogP contribution in [0, 0.1) is 19.7 Å². The van der Waals surface area contributed by atoms with E-state index in [0.29, 0.717) is 23.6 Å². The van der Waals surface area contributed by atoms with Crippen molar-refractivity contribution in [1.82, 2.24) is 15.4 Å². The number of aryl methyl sites for hydroxylation is 2. The zero-order valence-electron chi connectivity index (χ0n) is 14.7. The molecule has 2 aromatic rings.